The molecule has 1 aromatic carbocycles. The molecule has 29 heavy (non-hydrogen) atoms. The summed E-state index contributed by atoms with van der Waals surface area (Å²) in [6, 6.07) is 5.78. The highest BCUT2D eigenvalue weighted by molar-refractivity contribution is 7.17. The quantitative estimate of drug-likeness (QED) is 0.727. The van der Waals surface area contributed by atoms with Crippen LogP contribution in [0.4, 0.5) is 9.39 Å². The zero-order chi connectivity index (χ0) is 21.0. The second kappa shape index (κ2) is 9.04. The van der Waals surface area contributed by atoms with E-state index >= 15 is 0 Å². The van der Waals surface area contributed by atoms with Gasteiger partial charge >= 0.3 is 5.97 Å². The van der Waals surface area contributed by atoms with E-state index in [9.17, 15) is 18.8 Å². The molecule has 3 rings (SSSR count). The van der Waals surface area contributed by atoms with Gasteiger partial charge in [-0.3, -0.25) is 9.59 Å². The molecule has 0 aliphatic carbocycles. The lowest BCUT2D eigenvalue weighted by Crippen LogP contribution is -2.34. The maximum atomic E-state index is 13.6. The number of thiophene rings is 1. The SMILES string of the molecule is CCOC(=O)c1c(NC(=O)COc2ccccc2F)sc2c1CCN(C(C)=O)C2. The summed E-state index contributed by atoms with van der Waals surface area (Å²) in [5.41, 5.74) is 1.10. The molecule has 154 valence electrons. The van der Waals surface area contributed by atoms with E-state index in [1.54, 1.807) is 17.9 Å². The van der Waals surface area contributed by atoms with Crippen LogP contribution < -0.4 is 10.1 Å². The number of para-hydroxylation sites is 1. The number of benzene rings is 1. The van der Waals surface area contributed by atoms with Crippen LogP contribution in [0.2, 0.25) is 0 Å². The summed E-state index contributed by atoms with van der Waals surface area (Å²) in [5, 5.41) is 3.02. The van der Waals surface area contributed by atoms with E-state index in [4.69, 9.17) is 9.47 Å². The fourth-order valence-electron chi connectivity index (χ4n) is 3.05. The molecule has 2 aromatic rings. The molecule has 0 unspecified atom stereocenters. The number of carbonyl (C=O) groups is 3. The van der Waals surface area contributed by atoms with Crippen LogP contribution in [0, 0.1) is 5.82 Å². The Bertz CT molecular complexity index is 943. The zero-order valence-electron chi connectivity index (χ0n) is 16.1. The summed E-state index contributed by atoms with van der Waals surface area (Å²) < 4.78 is 24.0. The molecule has 1 aliphatic heterocycles. The first kappa shape index (κ1) is 20.8. The van der Waals surface area contributed by atoms with Gasteiger partial charge in [0.05, 0.1) is 18.7 Å². The van der Waals surface area contributed by atoms with Crippen molar-refractivity contribution in [1.29, 1.82) is 0 Å². The Hall–Kier alpha value is -2.94. The highest BCUT2D eigenvalue weighted by Crippen LogP contribution is 2.37. The predicted octanol–water partition coefficient (Wildman–Crippen LogP) is 2.99. The first-order chi connectivity index (χ1) is 13.9. The molecule has 9 heteroatoms. The van der Waals surface area contributed by atoms with Crippen LogP contribution in [0.3, 0.4) is 0 Å². The Kier molecular flexibility index (Phi) is 6.48. The number of halogens is 1. The third kappa shape index (κ3) is 4.73. The molecule has 7 nitrogen and oxygen atoms in total. The molecule has 0 radical (unpaired) electrons. The topological polar surface area (TPSA) is 84.9 Å². The van der Waals surface area contributed by atoms with E-state index in [1.807, 2.05) is 0 Å². The van der Waals surface area contributed by atoms with Crippen molar-refractivity contribution in [2.24, 2.45) is 0 Å². The first-order valence-corrected chi connectivity index (χ1v) is 9.96. The number of rotatable bonds is 6. The van der Waals surface area contributed by atoms with Gasteiger partial charge in [0.25, 0.3) is 5.91 Å². The Balaban J connectivity index is 1.78. The van der Waals surface area contributed by atoms with Gasteiger partial charge in [-0.1, -0.05) is 12.1 Å². The Morgan fingerprint density at radius 2 is 2.03 bits per heavy atom. The van der Waals surface area contributed by atoms with Gasteiger partial charge in [-0.15, -0.1) is 11.3 Å². The van der Waals surface area contributed by atoms with Crippen LogP contribution in [0.1, 0.15) is 34.6 Å². The van der Waals surface area contributed by atoms with Gasteiger partial charge in [0, 0.05) is 18.3 Å². The highest BCUT2D eigenvalue weighted by atomic mass is 32.1. The lowest BCUT2D eigenvalue weighted by Gasteiger charge is -2.25. The second-order valence-corrected chi connectivity index (χ2v) is 7.49. The summed E-state index contributed by atoms with van der Waals surface area (Å²) in [7, 11) is 0. The van der Waals surface area contributed by atoms with Gasteiger partial charge in [-0.25, -0.2) is 9.18 Å². The van der Waals surface area contributed by atoms with Crippen molar-refractivity contribution < 1.29 is 28.2 Å². The summed E-state index contributed by atoms with van der Waals surface area (Å²) in [4.78, 5) is 39.0. The molecule has 1 N–H and O–H groups in total. The summed E-state index contributed by atoms with van der Waals surface area (Å²) in [6.45, 7) is 3.86. The van der Waals surface area contributed by atoms with Crippen LogP contribution in [-0.2, 0) is 27.3 Å². The van der Waals surface area contributed by atoms with Crippen molar-refractivity contribution in [3.05, 3.63) is 46.1 Å². The van der Waals surface area contributed by atoms with Gasteiger partial charge < -0.3 is 19.7 Å². The number of carbonyl (C=O) groups excluding carboxylic acids is 3. The van der Waals surface area contributed by atoms with E-state index in [0.717, 1.165) is 10.4 Å². The molecule has 0 saturated carbocycles. The standard InChI is InChI=1S/C20H21FN2O5S/c1-3-27-20(26)18-13-8-9-23(12(2)24)10-16(13)29-19(18)22-17(25)11-28-15-7-5-4-6-14(15)21/h4-7H,3,8-11H2,1-2H3,(H,22,25). The largest absolute Gasteiger partial charge is 0.481 e. The van der Waals surface area contributed by atoms with Crippen LogP contribution in [0.25, 0.3) is 0 Å². The minimum atomic E-state index is -0.566. The number of ether oxygens (including phenoxy) is 2. The average Bonchev–Trinajstić information content (AvgIpc) is 3.04. The maximum Gasteiger partial charge on any atom is 0.341 e. The van der Waals surface area contributed by atoms with E-state index in [0.29, 0.717) is 30.1 Å². The van der Waals surface area contributed by atoms with Crippen LogP contribution in [0.15, 0.2) is 24.3 Å². The number of esters is 1. The summed E-state index contributed by atoms with van der Waals surface area (Å²) >= 11 is 1.23. The van der Waals surface area contributed by atoms with Crippen molar-refractivity contribution in [3.63, 3.8) is 0 Å². The van der Waals surface area contributed by atoms with E-state index < -0.39 is 24.3 Å². The average molecular weight is 420 g/mol. The molecule has 1 aromatic heterocycles. The van der Waals surface area contributed by atoms with Gasteiger partial charge in [0.15, 0.2) is 18.2 Å². The molecule has 2 amide bonds. The first-order valence-electron chi connectivity index (χ1n) is 9.15. The highest BCUT2D eigenvalue weighted by Gasteiger charge is 2.30. The summed E-state index contributed by atoms with van der Waals surface area (Å²) in [5.74, 6) is -1.70. The minimum absolute atomic E-state index is 0.0316. The van der Waals surface area contributed by atoms with Gasteiger partial charge in [-0.2, -0.15) is 0 Å². The zero-order valence-corrected chi connectivity index (χ0v) is 16.9. The third-order valence-corrected chi connectivity index (χ3v) is 5.56. The fourth-order valence-corrected chi connectivity index (χ4v) is 4.31. The Labute approximate surface area is 171 Å². The fraction of sp³-hybridized carbons (Fsp3) is 0.350. The molecule has 2 heterocycles. The molecule has 0 spiro atoms. The number of hydrogen-bond donors (Lipinski definition) is 1. The maximum absolute atomic E-state index is 13.6. The molecule has 0 fully saturated rings. The van der Waals surface area contributed by atoms with Gasteiger partial charge in [0.1, 0.15) is 5.00 Å². The smallest absolute Gasteiger partial charge is 0.341 e. The van der Waals surface area contributed by atoms with E-state index in [1.165, 1.54) is 36.5 Å². The molecule has 0 atom stereocenters. The van der Waals surface area contributed by atoms with Crippen LogP contribution >= 0.6 is 11.3 Å². The molecule has 0 saturated heterocycles. The van der Waals surface area contributed by atoms with Crippen molar-refractivity contribution in [3.8, 4) is 5.75 Å². The number of hydrogen-bond acceptors (Lipinski definition) is 6. The monoisotopic (exact) mass is 420 g/mol. The molecular formula is C20H21FN2O5S. The molecule has 1 aliphatic rings. The number of nitrogens with one attached hydrogen (secondary N) is 1. The van der Waals surface area contributed by atoms with Crippen LogP contribution in [0.5, 0.6) is 5.75 Å². The Morgan fingerprint density at radius 3 is 2.72 bits per heavy atom. The second-order valence-electron chi connectivity index (χ2n) is 6.39. The van der Waals surface area contributed by atoms with Crippen molar-refractivity contribution in [2.75, 3.05) is 25.1 Å². The molecular weight excluding hydrogens is 399 g/mol. The number of amides is 2. The molecule has 0 bridgehead atoms. The predicted molar refractivity (Wildman–Crippen MR) is 106 cm³/mol. The van der Waals surface area contributed by atoms with Gasteiger partial charge in [-0.05, 0) is 31.0 Å². The summed E-state index contributed by atoms with van der Waals surface area (Å²) in [6.07, 6.45) is 0.501. The minimum Gasteiger partial charge on any atom is -0.481 e. The van der Waals surface area contributed by atoms with Gasteiger partial charge in [0.2, 0.25) is 5.91 Å². The van der Waals surface area contributed by atoms with E-state index in [2.05, 4.69) is 5.32 Å². The lowest BCUT2D eigenvalue weighted by molar-refractivity contribution is -0.129. The lowest BCUT2D eigenvalue weighted by atomic mass is 10.0. The number of nitrogens with zero attached hydrogens (tertiary/aromatic N) is 1. The van der Waals surface area contributed by atoms with Crippen LogP contribution in [-0.4, -0.2) is 42.4 Å². The van der Waals surface area contributed by atoms with Crippen molar-refractivity contribution in [1.82, 2.24) is 4.90 Å². The number of fused-ring (bicyclic) bond motifs is 1. The third-order valence-electron chi connectivity index (χ3n) is 4.43. The van der Waals surface area contributed by atoms with Crippen molar-refractivity contribution >= 4 is 34.1 Å². The van der Waals surface area contributed by atoms with Crippen molar-refractivity contribution in [2.45, 2.75) is 26.8 Å². The number of anilines is 1. The van der Waals surface area contributed by atoms with E-state index in [-0.39, 0.29) is 18.3 Å². The normalized spacial score (nSPS) is 12.9. The Morgan fingerprint density at radius 1 is 1.28 bits per heavy atom.